The fourth-order valence-corrected chi connectivity index (χ4v) is 2.29. The van der Waals surface area contributed by atoms with Gasteiger partial charge in [0.15, 0.2) is 0 Å². The Morgan fingerprint density at radius 3 is 2.52 bits per heavy atom. The largest absolute Gasteiger partial charge is 0.326 e. The van der Waals surface area contributed by atoms with Crippen LogP contribution < -0.4 is 10.2 Å². The predicted octanol–water partition coefficient (Wildman–Crippen LogP) is 3.12. The van der Waals surface area contributed by atoms with E-state index >= 15 is 0 Å². The molecule has 0 radical (unpaired) electrons. The Morgan fingerprint density at radius 2 is 1.81 bits per heavy atom. The minimum atomic E-state index is -0.0208. The Labute approximate surface area is 124 Å². The second kappa shape index (κ2) is 5.40. The van der Waals surface area contributed by atoms with E-state index in [0.29, 0.717) is 5.96 Å². The molecule has 2 aromatic carbocycles. The molecule has 106 valence electrons. The van der Waals surface area contributed by atoms with Gasteiger partial charge in [-0.1, -0.05) is 24.3 Å². The van der Waals surface area contributed by atoms with E-state index in [-0.39, 0.29) is 12.5 Å². The Bertz CT molecular complexity index is 707. The standard InChI is InChI=1S/C17H17N3O/c1-12-8-9-14(10-13(12)2)19-17-18-11-16(21)20(17)15-6-4-3-5-7-15/h3-10H,11H2,1-2H3,(H,18,19). The highest BCUT2D eigenvalue weighted by molar-refractivity contribution is 6.24. The number of aliphatic imine (C=N–C) groups is 1. The number of guanidine groups is 1. The van der Waals surface area contributed by atoms with Crippen LogP contribution >= 0.6 is 0 Å². The summed E-state index contributed by atoms with van der Waals surface area (Å²) >= 11 is 0. The molecule has 21 heavy (non-hydrogen) atoms. The summed E-state index contributed by atoms with van der Waals surface area (Å²) in [6, 6.07) is 15.7. The molecule has 0 spiro atoms. The number of anilines is 2. The summed E-state index contributed by atoms with van der Waals surface area (Å²) in [6.45, 7) is 4.32. The van der Waals surface area contributed by atoms with Crippen LogP contribution in [0.2, 0.25) is 0 Å². The number of nitrogens with zero attached hydrogens (tertiary/aromatic N) is 2. The third-order valence-corrected chi connectivity index (χ3v) is 3.60. The molecule has 0 unspecified atom stereocenters. The molecule has 1 aliphatic rings. The first-order valence-corrected chi connectivity index (χ1v) is 6.92. The van der Waals surface area contributed by atoms with Crippen LogP contribution in [0.4, 0.5) is 11.4 Å². The number of nitrogens with one attached hydrogen (secondary N) is 1. The Balaban J connectivity index is 1.87. The molecular formula is C17H17N3O. The van der Waals surface area contributed by atoms with E-state index in [2.05, 4.69) is 36.3 Å². The summed E-state index contributed by atoms with van der Waals surface area (Å²) in [6.07, 6.45) is 0. The van der Waals surface area contributed by atoms with Crippen molar-refractivity contribution in [2.45, 2.75) is 13.8 Å². The predicted molar refractivity (Wildman–Crippen MR) is 85.8 cm³/mol. The highest BCUT2D eigenvalue weighted by Crippen LogP contribution is 2.20. The van der Waals surface area contributed by atoms with Crippen LogP contribution in [-0.4, -0.2) is 18.4 Å². The van der Waals surface area contributed by atoms with Crippen molar-refractivity contribution in [2.24, 2.45) is 4.99 Å². The van der Waals surface area contributed by atoms with E-state index in [9.17, 15) is 4.79 Å². The number of hydrogen-bond acceptors (Lipinski definition) is 3. The van der Waals surface area contributed by atoms with Gasteiger partial charge in [-0.2, -0.15) is 0 Å². The maximum Gasteiger partial charge on any atom is 0.255 e. The van der Waals surface area contributed by atoms with Crippen LogP contribution in [-0.2, 0) is 4.79 Å². The third kappa shape index (κ3) is 2.65. The highest BCUT2D eigenvalue weighted by Gasteiger charge is 2.26. The number of aryl methyl sites for hydroxylation is 2. The van der Waals surface area contributed by atoms with Gasteiger partial charge in [-0.25, -0.2) is 9.89 Å². The number of rotatable bonds is 2. The summed E-state index contributed by atoms with van der Waals surface area (Å²) in [5.41, 5.74) is 4.21. The van der Waals surface area contributed by atoms with E-state index in [4.69, 9.17) is 0 Å². The number of carbonyl (C=O) groups excluding carboxylic acids is 1. The molecule has 1 N–H and O–H groups in total. The molecule has 0 bridgehead atoms. The molecule has 0 saturated heterocycles. The van der Waals surface area contributed by atoms with Gasteiger partial charge < -0.3 is 5.32 Å². The van der Waals surface area contributed by atoms with E-state index in [1.165, 1.54) is 11.1 Å². The van der Waals surface area contributed by atoms with Crippen LogP contribution in [0.1, 0.15) is 11.1 Å². The minimum Gasteiger partial charge on any atom is -0.326 e. The molecule has 3 rings (SSSR count). The van der Waals surface area contributed by atoms with Gasteiger partial charge in [0, 0.05) is 5.69 Å². The van der Waals surface area contributed by atoms with E-state index in [1.54, 1.807) is 4.90 Å². The molecule has 0 fully saturated rings. The lowest BCUT2D eigenvalue weighted by Crippen LogP contribution is -2.36. The van der Waals surface area contributed by atoms with Gasteiger partial charge in [0.1, 0.15) is 6.54 Å². The molecule has 0 aliphatic carbocycles. The molecule has 1 aliphatic heterocycles. The Kier molecular flexibility index (Phi) is 3.44. The highest BCUT2D eigenvalue weighted by atomic mass is 16.2. The van der Waals surface area contributed by atoms with Crippen LogP contribution in [0.25, 0.3) is 0 Å². The first kappa shape index (κ1) is 13.4. The number of amides is 1. The lowest BCUT2D eigenvalue weighted by Gasteiger charge is -2.19. The lowest BCUT2D eigenvalue weighted by molar-refractivity contribution is -0.115. The van der Waals surface area contributed by atoms with Gasteiger partial charge >= 0.3 is 0 Å². The maximum absolute atomic E-state index is 12.1. The van der Waals surface area contributed by atoms with Gasteiger partial charge in [0.05, 0.1) is 5.69 Å². The third-order valence-electron chi connectivity index (χ3n) is 3.60. The second-order valence-electron chi connectivity index (χ2n) is 5.13. The van der Waals surface area contributed by atoms with Crippen molar-refractivity contribution in [2.75, 3.05) is 16.8 Å². The summed E-state index contributed by atoms with van der Waals surface area (Å²) in [5.74, 6) is 0.557. The number of carbonyl (C=O) groups is 1. The first-order valence-electron chi connectivity index (χ1n) is 6.92. The van der Waals surface area contributed by atoms with Crippen LogP contribution in [0, 0.1) is 13.8 Å². The zero-order chi connectivity index (χ0) is 14.8. The molecule has 2 aromatic rings. The van der Waals surface area contributed by atoms with Crippen molar-refractivity contribution < 1.29 is 4.79 Å². The van der Waals surface area contributed by atoms with Crippen molar-refractivity contribution >= 4 is 23.2 Å². The molecule has 4 heteroatoms. The average molecular weight is 279 g/mol. The van der Waals surface area contributed by atoms with Gasteiger partial charge in [-0.3, -0.25) is 4.79 Å². The average Bonchev–Trinajstić information content (AvgIpc) is 2.85. The number of hydrogen-bond donors (Lipinski definition) is 1. The smallest absolute Gasteiger partial charge is 0.255 e. The SMILES string of the molecule is Cc1ccc(NC2=NCC(=O)N2c2ccccc2)cc1C. The van der Waals surface area contributed by atoms with E-state index < -0.39 is 0 Å². The summed E-state index contributed by atoms with van der Waals surface area (Å²) < 4.78 is 0. The van der Waals surface area contributed by atoms with E-state index in [1.807, 2.05) is 36.4 Å². The monoisotopic (exact) mass is 279 g/mol. The summed E-state index contributed by atoms with van der Waals surface area (Å²) in [7, 11) is 0. The van der Waals surface area contributed by atoms with Gasteiger partial charge in [0.25, 0.3) is 5.91 Å². The van der Waals surface area contributed by atoms with Crippen molar-refractivity contribution in [3.05, 3.63) is 59.7 Å². The quantitative estimate of drug-likeness (QED) is 0.918. The molecular weight excluding hydrogens is 262 g/mol. The lowest BCUT2D eigenvalue weighted by atomic mass is 10.1. The fraction of sp³-hybridized carbons (Fsp3) is 0.176. The second-order valence-corrected chi connectivity index (χ2v) is 5.13. The van der Waals surface area contributed by atoms with E-state index in [0.717, 1.165) is 11.4 Å². The van der Waals surface area contributed by atoms with Gasteiger partial charge in [-0.05, 0) is 49.2 Å². The molecule has 1 amide bonds. The van der Waals surface area contributed by atoms with Crippen LogP contribution in [0.15, 0.2) is 53.5 Å². The topological polar surface area (TPSA) is 44.7 Å². The fourth-order valence-electron chi connectivity index (χ4n) is 2.29. The molecule has 1 heterocycles. The minimum absolute atomic E-state index is 0.0208. The molecule has 0 aromatic heterocycles. The zero-order valence-electron chi connectivity index (χ0n) is 12.1. The normalized spacial score (nSPS) is 14.3. The van der Waals surface area contributed by atoms with Crippen molar-refractivity contribution in [3.8, 4) is 0 Å². The first-order chi connectivity index (χ1) is 10.1. The van der Waals surface area contributed by atoms with Gasteiger partial charge in [0.2, 0.25) is 5.96 Å². The molecule has 4 nitrogen and oxygen atoms in total. The molecule has 0 saturated carbocycles. The van der Waals surface area contributed by atoms with Crippen LogP contribution in [0.3, 0.4) is 0 Å². The zero-order valence-corrected chi connectivity index (χ0v) is 12.1. The Hall–Kier alpha value is -2.62. The van der Waals surface area contributed by atoms with Gasteiger partial charge in [-0.15, -0.1) is 0 Å². The van der Waals surface area contributed by atoms with Crippen molar-refractivity contribution in [1.29, 1.82) is 0 Å². The van der Waals surface area contributed by atoms with Crippen molar-refractivity contribution in [1.82, 2.24) is 0 Å². The Morgan fingerprint density at radius 1 is 1.05 bits per heavy atom. The van der Waals surface area contributed by atoms with Crippen LogP contribution in [0.5, 0.6) is 0 Å². The van der Waals surface area contributed by atoms with Crippen molar-refractivity contribution in [3.63, 3.8) is 0 Å². The number of para-hydroxylation sites is 1. The maximum atomic E-state index is 12.1. The molecule has 0 atom stereocenters. The summed E-state index contributed by atoms with van der Waals surface area (Å²) in [4.78, 5) is 18.0. The summed E-state index contributed by atoms with van der Waals surface area (Å²) in [5, 5.41) is 3.24. The number of benzene rings is 2.